The minimum Gasteiger partial charge on any atom is -0.317 e. The van der Waals surface area contributed by atoms with Crippen molar-refractivity contribution in [2.24, 2.45) is 0 Å². The van der Waals surface area contributed by atoms with Crippen LogP contribution in [0.3, 0.4) is 0 Å². The van der Waals surface area contributed by atoms with Crippen LogP contribution in [0.1, 0.15) is 49.3 Å². The van der Waals surface area contributed by atoms with E-state index in [2.05, 4.69) is 21.9 Å². The lowest BCUT2D eigenvalue weighted by molar-refractivity contribution is 0.0753. The molecule has 2 N–H and O–H groups in total. The quantitative estimate of drug-likeness (QED) is 0.844. The fourth-order valence-electron chi connectivity index (χ4n) is 4.85. The summed E-state index contributed by atoms with van der Waals surface area (Å²) < 4.78 is 29.0. The third-order valence-electron chi connectivity index (χ3n) is 5.90. The van der Waals surface area contributed by atoms with Crippen LogP contribution in [0.15, 0.2) is 17.0 Å². The third kappa shape index (κ3) is 4.30. The van der Waals surface area contributed by atoms with E-state index in [0.29, 0.717) is 17.0 Å². The Labute approximate surface area is 158 Å². The molecule has 2 atom stereocenters. The van der Waals surface area contributed by atoms with Gasteiger partial charge in [-0.3, -0.25) is 4.90 Å². The van der Waals surface area contributed by atoms with Gasteiger partial charge in [0.15, 0.2) is 0 Å². The first-order valence-electron chi connectivity index (χ1n) is 9.84. The molecule has 0 saturated carbocycles. The monoisotopic (exact) mass is 379 g/mol. The molecule has 0 aromatic heterocycles. The number of rotatable bonds is 4. The molecule has 2 saturated heterocycles. The number of piperidine rings is 2. The maximum atomic E-state index is 13.0. The Morgan fingerprint density at radius 1 is 1.08 bits per heavy atom. The largest absolute Gasteiger partial charge is 0.317 e. The van der Waals surface area contributed by atoms with E-state index in [-0.39, 0.29) is 6.04 Å². The van der Waals surface area contributed by atoms with Crippen LogP contribution >= 0.6 is 0 Å². The summed E-state index contributed by atoms with van der Waals surface area (Å²) in [5, 5.41) is 3.42. The topological polar surface area (TPSA) is 61.4 Å². The molecule has 0 amide bonds. The molecule has 5 nitrogen and oxygen atoms in total. The Morgan fingerprint density at radius 3 is 2.27 bits per heavy atom. The summed E-state index contributed by atoms with van der Waals surface area (Å²) in [6.45, 7) is 11.2. The van der Waals surface area contributed by atoms with Gasteiger partial charge in [-0.2, -0.15) is 0 Å². The number of hydrogen-bond acceptors (Lipinski definition) is 4. The van der Waals surface area contributed by atoms with Gasteiger partial charge in [0.2, 0.25) is 10.0 Å². The lowest BCUT2D eigenvalue weighted by atomic mass is 9.94. The van der Waals surface area contributed by atoms with Crippen LogP contribution in [0, 0.1) is 20.8 Å². The highest BCUT2D eigenvalue weighted by molar-refractivity contribution is 7.89. The van der Waals surface area contributed by atoms with Crippen molar-refractivity contribution in [3.63, 3.8) is 0 Å². The molecule has 26 heavy (non-hydrogen) atoms. The Bertz CT molecular complexity index is 718. The number of nitrogens with one attached hydrogen (secondary N) is 2. The van der Waals surface area contributed by atoms with Gasteiger partial charge in [-0.25, -0.2) is 13.1 Å². The Balaban J connectivity index is 1.68. The molecule has 0 aliphatic carbocycles. The zero-order valence-electron chi connectivity index (χ0n) is 16.5. The minimum atomic E-state index is -3.48. The maximum absolute atomic E-state index is 13.0. The molecule has 1 aromatic rings. The van der Waals surface area contributed by atoms with E-state index in [1.165, 1.54) is 12.8 Å². The van der Waals surface area contributed by atoms with Crippen LogP contribution in [0.4, 0.5) is 0 Å². The second-order valence-electron chi connectivity index (χ2n) is 8.14. The number of aryl methyl sites for hydroxylation is 3. The molecule has 3 rings (SSSR count). The molecule has 146 valence electrons. The first kappa shape index (κ1) is 19.8. The van der Waals surface area contributed by atoms with Crippen LogP contribution in [0.5, 0.6) is 0 Å². The van der Waals surface area contributed by atoms with E-state index in [4.69, 9.17) is 0 Å². The van der Waals surface area contributed by atoms with Crippen LogP contribution in [-0.2, 0) is 10.0 Å². The van der Waals surface area contributed by atoms with E-state index < -0.39 is 10.0 Å². The molecule has 1 aromatic carbocycles. The second kappa shape index (κ2) is 7.97. The van der Waals surface area contributed by atoms with Gasteiger partial charge in [-0.15, -0.1) is 0 Å². The average Bonchev–Trinajstić information content (AvgIpc) is 2.54. The second-order valence-corrected chi connectivity index (χ2v) is 9.79. The molecule has 0 radical (unpaired) electrons. The highest BCUT2D eigenvalue weighted by atomic mass is 32.2. The zero-order valence-corrected chi connectivity index (χ0v) is 17.3. The van der Waals surface area contributed by atoms with Crippen LogP contribution in [0.2, 0.25) is 0 Å². The van der Waals surface area contributed by atoms with Crippen molar-refractivity contribution < 1.29 is 8.42 Å². The summed E-state index contributed by atoms with van der Waals surface area (Å²) in [6, 6.07) is 4.98. The van der Waals surface area contributed by atoms with Crippen molar-refractivity contribution in [3.8, 4) is 0 Å². The molecule has 2 heterocycles. The molecule has 1 unspecified atom stereocenters. The normalized spacial score (nSPS) is 26.2. The summed E-state index contributed by atoms with van der Waals surface area (Å²) in [5.74, 6) is 0. The number of hydrogen-bond donors (Lipinski definition) is 2. The third-order valence-corrected chi connectivity index (χ3v) is 7.73. The average molecular weight is 380 g/mol. The zero-order chi connectivity index (χ0) is 18.9. The summed E-state index contributed by atoms with van der Waals surface area (Å²) in [7, 11) is -3.48. The summed E-state index contributed by atoms with van der Waals surface area (Å²) >= 11 is 0. The van der Waals surface area contributed by atoms with Gasteiger partial charge in [-0.05, 0) is 77.6 Å². The SMILES string of the molecule is Cc1cc(C)c(S(=O)(=O)NC2CCN(C3CCNCC3)[C@H](C)C2)c(C)c1. The standard InChI is InChI=1S/C20H33N3O2S/c1-14-11-15(2)20(16(3)12-14)26(24,25)22-18-7-10-23(17(4)13-18)19-5-8-21-9-6-19/h11-12,17-19,21-22H,5-10,13H2,1-4H3/t17-,18?/m1/s1. The van der Waals surface area contributed by atoms with Crippen molar-refractivity contribution in [1.82, 2.24) is 14.9 Å². The number of nitrogens with zero attached hydrogens (tertiary/aromatic N) is 1. The van der Waals surface area contributed by atoms with Crippen molar-refractivity contribution in [2.75, 3.05) is 19.6 Å². The van der Waals surface area contributed by atoms with E-state index >= 15 is 0 Å². The molecular formula is C20H33N3O2S. The molecule has 6 heteroatoms. The van der Waals surface area contributed by atoms with Crippen molar-refractivity contribution in [1.29, 1.82) is 0 Å². The molecule has 0 bridgehead atoms. The van der Waals surface area contributed by atoms with Gasteiger partial charge in [0, 0.05) is 24.7 Å². The molecule has 2 aliphatic rings. The summed E-state index contributed by atoms with van der Waals surface area (Å²) in [5.41, 5.74) is 2.76. The Morgan fingerprint density at radius 2 is 1.69 bits per heavy atom. The van der Waals surface area contributed by atoms with E-state index in [1.54, 1.807) is 0 Å². The molecule has 2 aliphatic heterocycles. The fourth-order valence-corrected chi connectivity index (χ4v) is 6.58. The number of benzene rings is 1. The number of sulfonamides is 1. The Hall–Kier alpha value is -0.950. The van der Waals surface area contributed by atoms with Gasteiger partial charge in [-0.1, -0.05) is 17.7 Å². The number of likely N-dealkylation sites (tertiary alicyclic amines) is 1. The first-order chi connectivity index (χ1) is 12.3. The fraction of sp³-hybridized carbons (Fsp3) is 0.700. The van der Waals surface area contributed by atoms with Gasteiger partial charge in [0.1, 0.15) is 0 Å². The van der Waals surface area contributed by atoms with E-state index in [1.807, 2.05) is 32.9 Å². The highest BCUT2D eigenvalue weighted by Gasteiger charge is 2.33. The van der Waals surface area contributed by atoms with Crippen LogP contribution in [-0.4, -0.2) is 51.1 Å². The lowest BCUT2D eigenvalue weighted by Gasteiger charge is -2.44. The molecule has 2 fully saturated rings. The molecular weight excluding hydrogens is 346 g/mol. The van der Waals surface area contributed by atoms with Crippen LogP contribution in [0.25, 0.3) is 0 Å². The van der Waals surface area contributed by atoms with E-state index in [0.717, 1.165) is 49.2 Å². The summed E-state index contributed by atoms with van der Waals surface area (Å²) in [6.07, 6.45) is 4.16. The molecule has 0 spiro atoms. The van der Waals surface area contributed by atoms with Gasteiger partial charge >= 0.3 is 0 Å². The van der Waals surface area contributed by atoms with Gasteiger partial charge in [0.25, 0.3) is 0 Å². The maximum Gasteiger partial charge on any atom is 0.241 e. The predicted molar refractivity (Wildman–Crippen MR) is 106 cm³/mol. The van der Waals surface area contributed by atoms with E-state index in [9.17, 15) is 8.42 Å². The van der Waals surface area contributed by atoms with Gasteiger partial charge in [0.05, 0.1) is 4.90 Å². The van der Waals surface area contributed by atoms with Gasteiger partial charge < -0.3 is 5.32 Å². The summed E-state index contributed by atoms with van der Waals surface area (Å²) in [4.78, 5) is 3.05. The minimum absolute atomic E-state index is 0.0214. The smallest absolute Gasteiger partial charge is 0.241 e. The highest BCUT2D eigenvalue weighted by Crippen LogP contribution is 2.26. The first-order valence-corrected chi connectivity index (χ1v) is 11.3. The van der Waals surface area contributed by atoms with Crippen molar-refractivity contribution >= 4 is 10.0 Å². The van der Waals surface area contributed by atoms with Crippen molar-refractivity contribution in [3.05, 3.63) is 28.8 Å². The Kier molecular flexibility index (Phi) is 6.07. The van der Waals surface area contributed by atoms with Crippen molar-refractivity contribution in [2.45, 2.75) is 76.4 Å². The predicted octanol–water partition coefficient (Wildman–Crippen LogP) is 2.50. The van der Waals surface area contributed by atoms with Crippen LogP contribution < -0.4 is 10.0 Å². The lowest BCUT2D eigenvalue weighted by Crippen LogP contribution is -2.54.